The fourth-order valence-corrected chi connectivity index (χ4v) is 2.47. The highest BCUT2D eigenvalue weighted by Crippen LogP contribution is 2.20. The number of hydrogen-bond acceptors (Lipinski definition) is 2. The van der Waals surface area contributed by atoms with Crippen molar-refractivity contribution in [2.45, 2.75) is 59.6 Å². The van der Waals surface area contributed by atoms with Gasteiger partial charge in [0.1, 0.15) is 0 Å². The lowest BCUT2D eigenvalue weighted by Gasteiger charge is -2.23. The van der Waals surface area contributed by atoms with Gasteiger partial charge in [-0.15, -0.1) is 0 Å². The van der Waals surface area contributed by atoms with Crippen LogP contribution in [0.1, 0.15) is 56.3 Å². The molecule has 19 heavy (non-hydrogen) atoms. The van der Waals surface area contributed by atoms with E-state index in [2.05, 4.69) is 58.1 Å². The minimum Gasteiger partial charge on any atom is -0.377 e. The largest absolute Gasteiger partial charge is 0.377 e. The molecule has 0 saturated carbocycles. The van der Waals surface area contributed by atoms with E-state index in [0.717, 1.165) is 19.6 Å². The van der Waals surface area contributed by atoms with E-state index in [0.29, 0.717) is 12.1 Å². The molecule has 0 aliphatic rings. The lowest BCUT2D eigenvalue weighted by molar-refractivity contribution is 0.0441. The SMILES string of the molecule is CCCC(C)OCC(NCC)c1ccc(C)cc1C. The molecule has 2 atom stereocenters. The van der Waals surface area contributed by atoms with Crippen LogP contribution in [0.4, 0.5) is 0 Å². The topological polar surface area (TPSA) is 21.3 Å². The van der Waals surface area contributed by atoms with Gasteiger partial charge in [0.15, 0.2) is 0 Å². The molecule has 0 aromatic heterocycles. The second-order valence-electron chi connectivity index (χ2n) is 5.40. The molecule has 0 spiro atoms. The summed E-state index contributed by atoms with van der Waals surface area (Å²) in [5, 5.41) is 3.53. The molecule has 0 heterocycles. The van der Waals surface area contributed by atoms with Crippen LogP contribution in [0.2, 0.25) is 0 Å². The lowest BCUT2D eigenvalue weighted by Crippen LogP contribution is -2.27. The molecule has 0 aliphatic carbocycles. The molecule has 0 saturated heterocycles. The van der Waals surface area contributed by atoms with Gasteiger partial charge in [0.25, 0.3) is 0 Å². The van der Waals surface area contributed by atoms with Crippen molar-refractivity contribution in [1.82, 2.24) is 5.32 Å². The molecule has 2 heteroatoms. The van der Waals surface area contributed by atoms with Crippen LogP contribution in [0.15, 0.2) is 18.2 Å². The van der Waals surface area contributed by atoms with Crippen molar-refractivity contribution in [2.75, 3.05) is 13.2 Å². The molecule has 1 aromatic carbocycles. The Morgan fingerprint density at radius 1 is 1.21 bits per heavy atom. The predicted octanol–water partition coefficient (Wildman–Crippen LogP) is 4.16. The highest BCUT2D eigenvalue weighted by molar-refractivity contribution is 5.32. The van der Waals surface area contributed by atoms with Crippen molar-refractivity contribution in [3.63, 3.8) is 0 Å². The van der Waals surface area contributed by atoms with Gasteiger partial charge < -0.3 is 10.1 Å². The standard InChI is InChI=1S/C17H29NO/c1-6-8-15(5)19-12-17(18-7-2)16-10-9-13(3)11-14(16)4/h9-11,15,17-18H,6-8,12H2,1-5H3. The Labute approximate surface area is 118 Å². The minimum atomic E-state index is 0.296. The normalized spacial score (nSPS) is 14.4. The van der Waals surface area contributed by atoms with Crippen LogP contribution in [0.3, 0.4) is 0 Å². The van der Waals surface area contributed by atoms with Gasteiger partial charge in [-0.25, -0.2) is 0 Å². The molecule has 0 amide bonds. The second-order valence-corrected chi connectivity index (χ2v) is 5.40. The third kappa shape index (κ3) is 5.33. The van der Waals surface area contributed by atoms with E-state index in [9.17, 15) is 0 Å². The summed E-state index contributed by atoms with van der Waals surface area (Å²) >= 11 is 0. The van der Waals surface area contributed by atoms with Crippen LogP contribution in [-0.2, 0) is 4.74 Å². The van der Waals surface area contributed by atoms with Gasteiger partial charge in [-0.3, -0.25) is 0 Å². The molecule has 108 valence electrons. The van der Waals surface area contributed by atoms with Crippen LogP contribution in [0.5, 0.6) is 0 Å². The number of benzene rings is 1. The van der Waals surface area contributed by atoms with Crippen LogP contribution in [0.25, 0.3) is 0 Å². The zero-order valence-electron chi connectivity index (χ0n) is 13.1. The molecular weight excluding hydrogens is 234 g/mol. The summed E-state index contributed by atoms with van der Waals surface area (Å²) in [6, 6.07) is 6.95. The minimum absolute atomic E-state index is 0.296. The lowest BCUT2D eigenvalue weighted by atomic mass is 9.99. The maximum atomic E-state index is 5.97. The van der Waals surface area contributed by atoms with E-state index in [1.54, 1.807) is 0 Å². The molecule has 0 radical (unpaired) electrons. The van der Waals surface area contributed by atoms with Crippen molar-refractivity contribution < 1.29 is 4.74 Å². The van der Waals surface area contributed by atoms with Crippen LogP contribution in [0, 0.1) is 13.8 Å². The van der Waals surface area contributed by atoms with E-state index in [-0.39, 0.29) is 0 Å². The van der Waals surface area contributed by atoms with Crippen molar-refractivity contribution in [3.8, 4) is 0 Å². The van der Waals surface area contributed by atoms with Gasteiger partial charge in [-0.2, -0.15) is 0 Å². The molecule has 1 aromatic rings. The quantitative estimate of drug-likeness (QED) is 0.760. The Balaban J connectivity index is 2.70. The van der Waals surface area contributed by atoms with Crippen molar-refractivity contribution >= 4 is 0 Å². The first kappa shape index (κ1) is 16.2. The van der Waals surface area contributed by atoms with Crippen molar-refractivity contribution in [1.29, 1.82) is 0 Å². The van der Waals surface area contributed by atoms with Crippen LogP contribution < -0.4 is 5.32 Å². The fraction of sp³-hybridized carbons (Fsp3) is 0.647. The van der Waals surface area contributed by atoms with E-state index >= 15 is 0 Å². The summed E-state index contributed by atoms with van der Waals surface area (Å²) in [5.74, 6) is 0. The monoisotopic (exact) mass is 263 g/mol. The molecule has 0 bridgehead atoms. The van der Waals surface area contributed by atoms with Gasteiger partial charge in [0.2, 0.25) is 0 Å². The number of hydrogen-bond donors (Lipinski definition) is 1. The molecule has 2 unspecified atom stereocenters. The smallest absolute Gasteiger partial charge is 0.0665 e. The average molecular weight is 263 g/mol. The molecule has 0 fully saturated rings. The maximum absolute atomic E-state index is 5.97. The van der Waals surface area contributed by atoms with Gasteiger partial charge in [0, 0.05) is 0 Å². The summed E-state index contributed by atoms with van der Waals surface area (Å²) in [6.45, 7) is 12.5. The Bertz CT molecular complexity index is 376. The highest BCUT2D eigenvalue weighted by atomic mass is 16.5. The van der Waals surface area contributed by atoms with Crippen LogP contribution >= 0.6 is 0 Å². The maximum Gasteiger partial charge on any atom is 0.0665 e. The molecule has 1 N–H and O–H groups in total. The zero-order valence-corrected chi connectivity index (χ0v) is 13.1. The summed E-state index contributed by atoms with van der Waals surface area (Å²) in [7, 11) is 0. The Morgan fingerprint density at radius 2 is 1.95 bits per heavy atom. The average Bonchev–Trinajstić information content (AvgIpc) is 2.35. The number of rotatable bonds is 8. The Kier molecular flexibility index (Phi) is 7.11. The summed E-state index contributed by atoms with van der Waals surface area (Å²) in [4.78, 5) is 0. The van der Waals surface area contributed by atoms with Crippen molar-refractivity contribution in [3.05, 3.63) is 34.9 Å². The number of aryl methyl sites for hydroxylation is 2. The predicted molar refractivity (Wildman–Crippen MR) is 82.7 cm³/mol. The Morgan fingerprint density at radius 3 is 2.53 bits per heavy atom. The summed E-state index contributed by atoms with van der Waals surface area (Å²) in [5.41, 5.74) is 4.02. The van der Waals surface area contributed by atoms with Gasteiger partial charge in [0.05, 0.1) is 18.8 Å². The molecule has 0 aliphatic heterocycles. The summed E-state index contributed by atoms with van der Waals surface area (Å²) in [6.07, 6.45) is 2.65. The fourth-order valence-electron chi connectivity index (χ4n) is 2.47. The Hall–Kier alpha value is -0.860. The zero-order chi connectivity index (χ0) is 14.3. The number of ether oxygens (including phenoxy) is 1. The molecule has 2 nitrogen and oxygen atoms in total. The molecular formula is C17H29NO. The highest BCUT2D eigenvalue weighted by Gasteiger charge is 2.14. The first-order valence-electron chi connectivity index (χ1n) is 7.50. The van der Waals surface area contributed by atoms with Gasteiger partial charge in [-0.05, 0) is 44.9 Å². The summed E-state index contributed by atoms with van der Waals surface area (Å²) < 4.78 is 5.97. The van der Waals surface area contributed by atoms with E-state index in [1.807, 2.05) is 0 Å². The van der Waals surface area contributed by atoms with E-state index < -0.39 is 0 Å². The first-order valence-corrected chi connectivity index (χ1v) is 7.50. The van der Waals surface area contributed by atoms with E-state index in [1.165, 1.54) is 23.1 Å². The second kappa shape index (κ2) is 8.34. The van der Waals surface area contributed by atoms with Gasteiger partial charge >= 0.3 is 0 Å². The van der Waals surface area contributed by atoms with Crippen molar-refractivity contribution in [2.24, 2.45) is 0 Å². The first-order chi connectivity index (χ1) is 9.08. The van der Waals surface area contributed by atoms with Crippen LogP contribution in [-0.4, -0.2) is 19.3 Å². The molecule has 1 rings (SSSR count). The van der Waals surface area contributed by atoms with E-state index in [4.69, 9.17) is 4.74 Å². The third-order valence-corrected chi connectivity index (χ3v) is 3.49. The number of likely N-dealkylation sites (N-methyl/N-ethyl adjacent to an activating group) is 1. The van der Waals surface area contributed by atoms with Gasteiger partial charge in [-0.1, -0.05) is 44.0 Å². The third-order valence-electron chi connectivity index (χ3n) is 3.49. The number of nitrogens with one attached hydrogen (secondary N) is 1.